The van der Waals surface area contributed by atoms with Crippen molar-refractivity contribution in [3.8, 4) is 11.5 Å². The lowest BCUT2D eigenvalue weighted by Crippen LogP contribution is -2.39. The van der Waals surface area contributed by atoms with Gasteiger partial charge < -0.3 is 20.5 Å². The molecule has 3 N–H and O–H groups in total. The minimum absolute atomic E-state index is 0. The molecule has 1 aliphatic rings. The van der Waals surface area contributed by atoms with Gasteiger partial charge in [-0.1, -0.05) is 31.7 Å². The standard InChI is InChI=1S/C18H27F2N3O2.HI/c1-2-24-16-11-13(9-10-15(16)25-17(19)20)12-22-18(21)23-14-7-5-3-4-6-8-14;/h9-11,14,17H,2-8,12H2,1H3,(H3,21,22,23);1H. The van der Waals surface area contributed by atoms with Crippen LogP contribution < -0.4 is 20.5 Å². The second kappa shape index (κ2) is 12.1. The number of benzene rings is 1. The second-order valence-corrected chi connectivity index (χ2v) is 6.13. The van der Waals surface area contributed by atoms with Crippen LogP contribution in [0.3, 0.4) is 0 Å². The Morgan fingerprint density at radius 2 is 1.92 bits per heavy atom. The number of nitrogens with two attached hydrogens (primary N) is 1. The molecule has 1 aliphatic carbocycles. The number of hydrogen-bond acceptors (Lipinski definition) is 3. The van der Waals surface area contributed by atoms with Crippen LogP contribution in [0.25, 0.3) is 0 Å². The van der Waals surface area contributed by atoms with E-state index in [2.05, 4.69) is 15.0 Å². The molecule has 0 amide bonds. The number of guanidine groups is 1. The Balaban J connectivity index is 0.00000338. The molecule has 0 atom stereocenters. The smallest absolute Gasteiger partial charge is 0.387 e. The largest absolute Gasteiger partial charge is 0.490 e. The topological polar surface area (TPSA) is 68.9 Å². The van der Waals surface area contributed by atoms with E-state index in [0.29, 0.717) is 25.2 Å². The summed E-state index contributed by atoms with van der Waals surface area (Å²) in [6.45, 7) is -0.397. The van der Waals surface area contributed by atoms with Gasteiger partial charge in [0.15, 0.2) is 17.5 Å². The number of hydrogen-bond donors (Lipinski definition) is 2. The van der Waals surface area contributed by atoms with E-state index in [1.54, 1.807) is 19.1 Å². The molecule has 0 unspecified atom stereocenters. The quantitative estimate of drug-likeness (QED) is 0.261. The summed E-state index contributed by atoms with van der Waals surface area (Å²) in [5.74, 6) is 0.720. The first-order valence-electron chi connectivity index (χ1n) is 8.85. The Kier molecular flexibility index (Phi) is 10.6. The maximum Gasteiger partial charge on any atom is 0.387 e. The fraction of sp³-hybridized carbons (Fsp3) is 0.611. The van der Waals surface area contributed by atoms with Gasteiger partial charge in [0.05, 0.1) is 13.2 Å². The molecule has 1 saturated carbocycles. The summed E-state index contributed by atoms with van der Waals surface area (Å²) in [5, 5.41) is 3.28. The van der Waals surface area contributed by atoms with E-state index in [1.165, 1.54) is 31.7 Å². The summed E-state index contributed by atoms with van der Waals surface area (Å²) in [7, 11) is 0. The van der Waals surface area contributed by atoms with Crippen LogP contribution in [-0.2, 0) is 6.54 Å². The molecule has 0 radical (unpaired) electrons. The number of nitrogens with one attached hydrogen (secondary N) is 1. The Morgan fingerprint density at radius 1 is 1.23 bits per heavy atom. The van der Waals surface area contributed by atoms with Gasteiger partial charge in [-0.05, 0) is 37.5 Å². The molecule has 0 heterocycles. The number of aliphatic imine (C=N–C) groups is 1. The molecule has 0 spiro atoms. The van der Waals surface area contributed by atoms with Crippen LogP contribution in [0.1, 0.15) is 51.0 Å². The summed E-state index contributed by atoms with van der Waals surface area (Å²) in [5.41, 5.74) is 6.80. The molecule has 1 aromatic rings. The molecule has 0 saturated heterocycles. The molecule has 5 nitrogen and oxygen atoms in total. The third kappa shape index (κ3) is 7.92. The summed E-state index contributed by atoms with van der Waals surface area (Å²) in [6.07, 6.45) is 7.22. The van der Waals surface area contributed by atoms with Crippen LogP contribution >= 0.6 is 24.0 Å². The van der Waals surface area contributed by atoms with Gasteiger partial charge >= 0.3 is 6.61 Å². The van der Waals surface area contributed by atoms with Gasteiger partial charge in [-0.25, -0.2) is 4.99 Å². The molecular formula is C18H28F2IN3O2. The van der Waals surface area contributed by atoms with Crippen molar-refractivity contribution in [2.45, 2.75) is 64.6 Å². The van der Waals surface area contributed by atoms with Crippen LogP contribution in [-0.4, -0.2) is 25.2 Å². The lowest BCUT2D eigenvalue weighted by Gasteiger charge is -2.16. The highest BCUT2D eigenvalue weighted by Crippen LogP contribution is 2.30. The van der Waals surface area contributed by atoms with E-state index < -0.39 is 6.61 Å². The predicted octanol–water partition coefficient (Wildman–Crippen LogP) is 4.43. The summed E-state index contributed by atoms with van der Waals surface area (Å²) < 4.78 is 34.7. The molecule has 1 fully saturated rings. The molecular weight excluding hydrogens is 455 g/mol. The predicted molar refractivity (Wildman–Crippen MR) is 110 cm³/mol. The average molecular weight is 483 g/mol. The Morgan fingerprint density at radius 3 is 2.54 bits per heavy atom. The van der Waals surface area contributed by atoms with E-state index >= 15 is 0 Å². The minimum Gasteiger partial charge on any atom is -0.490 e. The van der Waals surface area contributed by atoms with Gasteiger partial charge in [0.2, 0.25) is 0 Å². The fourth-order valence-corrected chi connectivity index (χ4v) is 2.97. The number of halogens is 3. The molecule has 0 bridgehead atoms. The van der Waals surface area contributed by atoms with Gasteiger partial charge in [-0.15, -0.1) is 24.0 Å². The SMILES string of the molecule is CCOc1cc(CN=C(N)NC2CCCCCC2)ccc1OC(F)F.I. The molecule has 148 valence electrons. The van der Waals surface area contributed by atoms with Crippen LogP contribution in [0.2, 0.25) is 0 Å². The fourth-order valence-electron chi connectivity index (χ4n) is 2.97. The molecule has 8 heteroatoms. The van der Waals surface area contributed by atoms with Crippen molar-refractivity contribution in [1.82, 2.24) is 5.32 Å². The van der Waals surface area contributed by atoms with Crippen LogP contribution in [0.15, 0.2) is 23.2 Å². The monoisotopic (exact) mass is 483 g/mol. The van der Waals surface area contributed by atoms with Gasteiger partial charge in [0.1, 0.15) is 0 Å². The van der Waals surface area contributed by atoms with Gasteiger partial charge in [-0.2, -0.15) is 8.78 Å². The van der Waals surface area contributed by atoms with Gasteiger partial charge in [-0.3, -0.25) is 0 Å². The van der Waals surface area contributed by atoms with Gasteiger partial charge in [0, 0.05) is 6.04 Å². The summed E-state index contributed by atoms with van der Waals surface area (Å²) >= 11 is 0. The van der Waals surface area contributed by atoms with Crippen molar-refractivity contribution in [3.05, 3.63) is 23.8 Å². The summed E-state index contributed by atoms with van der Waals surface area (Å²) in [4.78, 5) is 4.35. The maximum absolute atomic E-state index is 12.4. The van der Waals surface area contributed by atoms with Crippen molar-refractivity contribution in [1.29, 1.82) is 0 Å². The van der Waals surface area contributed by atoms with Crippen LogP contribution in [0.5, 0.6) is 11.5 Å². The second-order valence-electron chi connectivity index (χ2n) is 6.13. The van der Waals surface area contributed by atoms with Gasteiger partial charge in [0.25, 0.3) is 0 Å². The van der Waals surface area contributed by atoms with E-state index in [0.717, 1.165) is 18.4 Å². The van der Waals surface area contributed by atoms with Crippen molar-refractivity contribution >= 4 is 29.9 Å². The number of alkyl halides is 2. The van der Waals surface area contributed by atoms with E-state index in [1.807, 2.05) is 0 Å². The van der Waals surface area contributed by atoms with E-state index in [4.69, 9.17) is 10.5 Å². The van der Waals surface area contributed by atoms with Crippen LogP contribution in [0.4, 0.5) is 8.78 Å². The van der Waals surface area contributed by atoms with E-state index in [9.17, 15) is 8.78 Å². The lowest BCUT2D eigenvalue weighted by atomic mass is 10.1. The first-order chi connectivity index (χ1) is 12.1. The zero-order chi connectivity index (χ0) is 18.1. The lowest BCUT2D eigenvalue weighted by molar-refractivity contribution is -0.0514. The highest BCUT2D eigenvalue weighted by molar-refractivity contribution is 14.0. The normalized spacial score (nSPS) is 15.9. The Bertz CT molecular complexity index is 565. The first kappa shape index (κ1) is 22.7. The zero-order valence-electron chi connectivity index (χ0n) is 15.0. The first-order valence-corrected chi connectivity index (χ1v) is 8.85. The molecule has 0 aromatic heterocycles. The molecule has 2 rings (SSSR count). The highest BCUT2D eigenvalue weighted by Gasteiger charge is 2.13. The average Bonchev–Trinajstić information content (AvgIpc) is 2.83. The Hall–Kier alpha value is -1.32. The molecule has 26 heavy (non-hydrogen) atoms. The summed E-state index contributed by atoms with van der Waals surface area (Å²) in [6, 6.07) is 5.19. The highest BCUT2D eigenvalue weighted by atomic mass is 127. The maximum atomic E-state index is 12.4. The number of ether oxygens (including phenoxy) is 2. The molecule has 0 aliphatic heterocycles. The number of rotatable bonds is 7. The van der Waals surface area contributed by atoms with E-state index in [-0.39, 0.29) is 35.5 Å². The third-order valence-corrected chi connectivity index (χ3v) is 4.16. The minimum atomic E-state index is -2.89. The van der Waals surface area contributed by atoms with Crippen molar-refractivity contribution in [3.63, 3.8) is 0 Å². The van der Waals surface area contributed by atoms with Crippen LogP contribution in [0, 0.1) is 0 Å². The van der Waals surface area contributed by atoms with Crippen molar-refractivity contribution < 1.29 is 18.3 Å². The Labute approximate surface area is 170 Å². The zero-order valence-corrected chi connectivity index (χ0v) is 17.4. The third-order valence-electron chi connectivity index (χ3n) is 4.16. The van der Waals surface area contributed by atoms with Crippen molar-refractivity contribution in [2.24, 2.45) is 10.7 Å². The number of nitrogens with zero attached hydrogens (tertiary/aromatic N) is 1. The molecule has 1 aromatic carbocycles. The van der Waals surface area contributed by atoms with Crippen molar-refractivity contribution in [2.75, 3.05) is 6.61 Å².